The predicted octanol–water partition coefficient (Wildman–Crippen LogP) is 6.42. The van der Waals surface area contributed by atoms with Crippen molar-refractivity contribution in [1.29, 1.82) is 0 Å². The Morgan fingerprint density at radius 3 is 2.18 bits per heavy atom. The Balaban J connectivity index is 1.40. The zero-order valence-corrected chi connectivity index (χ0v) is 20.4. The van der Waals surface area contributed by atoms with Gasteiger partial charge in [0.05, 0.1) is 11.0 Å². The van der Waals surface area contributed by atoms with E-state index in [0.717, 1.165) is 48.3 Å². The van der Waals surface area contributed by atoms with Gasteiger partial charge in [-0.05, 0) is 56.9 Å². The molecule has 2 aliphatic rings. The molecule has 0 aliphatic heterocycles. The third kappa shape index (κ3) is 5.13. The fourth-order valence-corrected chi connectivity index (χ4v) is 5.84. The molecule has 0 atom stereocenters. The summed E-state index contributed by atoms with van der Waals surface area (Å²) in [5.41, 5.74) is 3.13. The molecule has 0 radical (unpaired) electrons. The van der Waals surface area contributed by atoms with Crippen molar-refractivity contribution in [2.45, 2.75) is 96.4 Å². The molecule has 1 aromatic heterocycles. The second kappa shape index (κ2) is 10.6. The molecule has 5 rings (SSSR count). The molecule has 0 saturated heterocycles. The van der Waals surface area contributed by atoms with Crippen LogP contribution < -0.4 is 4.74 Å². The fraction of sp³-hybridized carbons (Fsp3) is 0.517. The Hall–Kier alpha value is -2.82. The molecule has 2 aromatic carbocycles. The van der Waals surface area contributed by atoms with Crippen LogP contribution in [-0.2, 0) is 17.9 Å². The number of nitrogens with zero attached hydrogens (tertiary/aromatic N) is 3. The molecule has 5 nitrogen and oxygen atoms in total. The van der Waals surface area contributed by atoms with Gasteiger partial charge in [0, 0.05) is 12.1 Å². The van der Waals surface area contributed by atoms with E-state index < -0.39 is 0 Å². The van der Waals surface area contributed by atoms with Crippen molar-refractivity contribution in [3.8, 4) is 5.75 Å². The molecule has 2 aliphatic carbocycles. The van der Waals surface area contributed by atoms with Crippen molar-refractivity contribution in [3.05, 3.63) is 59.9 Å². The molecule has 3 aromatic rings. The van der Waals surface area contributed by atoms with E-state index in [1.54, 1.807) is 0 Å². The topological polar surface area (TPSA) is 47.4 Å². The van der Waals surface area contributed by atoms with Gasteiger partial charge < -0.3 is 14.2 Å². The number of carbonyl (C=O) groups is 1. The first kappa shape index (κ1) is 22.9. The molecule has 0 spiro atoms. The maximum absolute atomic E-state index is 14.0. The van der Waals surface area contributed by atoms with E-state index in [1.165, 1.54) is 44.1 Å². The van der Waals surface area contributed by atoms with E-state index in [0.29, 0.717) is 25.2 Å². The number of aromatic nitrogens is 2. The average Bonchev–Trinajstić information content (AvgIpc) is 3.22. The molecular weight excluding hydrogens is 422 g/mol. The van der Waals surface area contributed by atoms with E-state index in [9.17, 15) is 4.79 Å². The van der Waals surface area contributed by atoms with E-state index in [4.69, 9.17) is 9.72 Å². The van der Waals surface area contributed by atoms with Crippen molar-refractivity contribution in [3.63, 3.8) is 0 Å². The summed E-state index contributed by atoms with van der Waals surface area (Å²) in [5.74, 6) is 1.88. The number of imidazole rings is 1. The lowest BCUT2D eigenvalue weighted by atomic mass is 9.88. The summed E-state index contributed by atoms with van der Waals surface area (Å²) in [7, 11) is 0. The van der Waals surface area contributed by atoms with Gasteiger partial charge in [-0.2, -0.15) is 0 Å². The van der Waals surface area contributed by atoms with E-state index in [-0.39, 0.29) is 5.91 Å². The standard InChI is InChI=1S/C29H37N3O2/c1-22-16-18-25(19-17-22)34-21-28-30-26-14-8-9-15-27(26)31(28)20-29(33)32(23-10-4-2-5-11-23)24-12-6-3-7-13-24/h8-9,14-19,23-24H,2-7,10-13,20-21H2,1H3. The quantitative estimate of drug-likeness (QED) is 0.410. The summed E-state index contributed by atoms with van der Waals surface area (Å²) in [6, 6.07) is 17.0. The number of carbonyl (C=O) groups excluding carboxylic acids is 1. The van der Waals surface area contributed by atoms with Gasteiger partial charge in [0.1, 0.15) is 24.7 Å². The largest absolute Gasteiger partial charge is 0.486 e. The number of hydrogen-bond acceptors (Lipinski definition) is 3. The highest BCUT2D eigenvalue weighted by atomic mass is 16.5. The van der Waals surface area contributed by atoms with Crippen LogP contribution in [0.15, 0.2) is 48.5 Å². The van der Waals surface area contributed by atoms with Gasteiger partial charge in [0.2, 0.25) is 5.91 Å². The molecular formula is C29H37N3O2. The summed E-state index contributed by atoms with van der Waals surface area (Å²) >= 11 is 0. The Morgan fingerprint density at radius 1 is 0.912 bits per heavy atom. The molecule has 0 bridgehead atoms. The van der Waals surface area contributed by atoms with Crippen molar-refractivity contribution < 1.29 is 9.53 Å². The minimum atomic E-state index is 0.249. The van der Waals surface area contributed by atoms with Crippen molar-refractivity contribution >= 4 is 16.9 Å². The van der Waals surface area contributed by atoms with E-state index in [2.05, 4.69) is 22.5 Å². The van der Waals surface area contributed by atoms with Gasteiger partial charge in [0.25, 0.3) is 0 Å². The molecule has 5 heteroatoms. The Kier molecular flexibility index (Phi) is 7.17. The third-order valence-corrected chi connectivity index (χ3v) is 7.64. The van der Waals surface area contributed by atoms with Crippen LogP contribution >= 0.6 is 0 Å². The fourth-order valence-electron chi connectivity index (χ4n) is 5.84. The number of para-hydroxylation sites is 2. The highest BCUT2D eigenvalue weighted by molar-refractivity contribution is 5.81. The van der Waals surface area contributed by atoms with Crippen molar-refractivity contribution in [2.75, 3.05) is 0 Å². The predicted molar refractivity (Wildman–Crippen MR) is 136 cm³/mol. The number of aryl methyl sites for hydroxylation is 1. The molecule has 180 valence electrons. The van der Waals surface area contributed by atoms with E-state index in [1.807, 2.05) is 42.5 Å². The maximum atomic E-state index is 14.0. The molecule has 2 fully saturated rings. The van der Waals surface area contributed by atoms with Crippen LogP contribution in [0.4, 0.5) is 0 Å². The van der Waals surface area contributed by atoms with Gasteiger partial charge in [-0.25, -0.2) is 4.98 Å². The number of benzene rings is 2. The second-order valence-electron chi connectivity index (χ2n) is 10.1. The number of hydrogen-bond donors (Lipinski definition) is 0. The lowest BCUT2D eigenvalue weighted by Gasteiger charge is -2.42. The monoisotopic (exact) mass is 459 g/mol. The summed E-state index contributed by atoms with van der Waals surface area (Å²) in [5, 5.41) is 0. The number of fused-ring (bicyclic) bond motifs is 1. The molecule has 0 N–H and O–H groups in total. The first-order chi connectivity index (χ1) is 16.7. The minimum absolute atomic E-state index is 0.249. The second-order valence-corrected chi connectivity index (χ2v) is 10.1. The Labute approximate surface area is 203 Å². The van der Waals surface area contributed by atoms with Crippen LogP contribution in [0, 0.1) is 6.92 Å². The first-order valence-corrected chi connectivity index (χ1v) is 13.1. The number of ether oxygens (including phenoxy) is 1. The summed E-state index contributed by atoms with van der Waals surface area (Å²) in [4.78, 5) is 21.1. The van der Waals surface area contributed by atoms with Gasteiger partial charge in [-0.1, -0.05) is 68.4 Å². The van der Waals surface area contributed by atoms with Crippen LogP contribution in [0.2, 0.25) is 0 Å². The smallest absolute Gasteiger partial charge is 0.243 e. The van der Waals surface area contributed by atoms with Crippen molar-refractivity contribution in [1.82, 2.24) is 14.5 Å². The highest BCUT2D eigenvalue weighted by Crippen LogP contribution is 2.31. The van der Waals surface area contributed by atoms with Crippen LogP contribution in [0.1, 0.15) is 75.6 Å². The molecule has 0 unspecified atom stereocenters. The molecule has 34 heavy (non-hydrogen) atoms. The Bertz CT molecular complexity index is 1070. The summed E-state index contributed by atoms with van der Waals surface area (Å²) in [6.45, 7) is 2.75. The van der Waals surface area contributed by atoms with Gasteiger partial charge >= 0.3 is 0 Å². The van der Waals surface area contributed by atoms with Gasteiger partial charge in [0.15, 0.2) is 0 Å². The van der Waals surface area contributed by atoms with Crippen LogP contribution in [0.5, 0.6) is 5.75 Å². The van der Waals surface area contributed by atoms with Crippen LogP contribution in [0.25, 0.3) is 11.0 Å². The normalized spacial score (nSPS) is 17.7. The summed E-state index contributed by atoms with van der Waals surface area (Å²) < 4.78 is 8.17. The average molecular weight is 460 g/mol. The van der Waals surface area contributed by atoms with Gasteiger partial charge in [-0.15, -0.1) is 0 Å². The van der Waals surface area contributed by atoms with Crippen molar-refractivity contribution in [2.24, 2.45) is 0 Å². The third-order valence-electron chi connectivity index (χ3n) is 7.64. The lowest BCUT2D eigenvalue weighted by molar-refractivity contribution is -0.138. The number of rotatable bonds is 7. The SMILES string of the molecule is Cc1ccc(OCc2nc3ccccc3n2CC(=O)N(C2CCCCC2)C2CCCCC2)cc1. The van der Waals surface area contributed by atoms with Gasteiger partial charge in [-0.3, -0.25) is 4.79 Å². The van der Waals surface area contributed by atoms with Crippen LogP contribution in [-0.4, -0.2) is 32.4 Å². The highest BCUT2D eigenvalue weighted by Gasteiger charge is 2.33. The number of amides is 1. The zero-order valence-electron chi connectivity index (χ0n) is 20.4. The lowest BCUT2D eigenvalue weighted by Crippen LogP contribution is -2.50. The molecule has 1 heterocycles. The zero-order chi connectivity index (χ0) is 23.3. The molecule has 2 saturated carbocycles. The first-order valence-electron chi connectivity index (χ1n) is 13.1. The molecule has 1 amide bonds. The van der Waals surface area contributed by atoms with E-state index >= 15 is 0 Å². The maximum Gasteiger partial charge on any atom is 0.243 e. The summed E-state index contributed by atoms with van der Waals surface area (Å²) in [6.07, 6.45) is 12.2. The minimum Gasteiger partial charge on any atom is -0.486 e. The Morgan fingerprint density at radius 2 is 1.53 bits per heavy atom. The van der Waals surface area contributed by atoms with Crippen LogP contribution in [0.3, 0.4) is 0 Å².